The summed E-state index contributed by atoms with van der Waals surface area (Å²) in [4.78, 5) is 23.4. The lowest BCUT2D eigenvalue weighted by Gasteiger charge is -2.26. The van der Waals surface area contributed by atoms with Crippen LogP contribution < -0.4 is 5.32 Å². The van der Waals surface area contributed by atoms with Crippen LogP contribution in [0.1, 0.15) is 60.3 Å². The maximum atomic E-state index is 11.9. The van der Waals surface area contributed by atoms with Gasteiger partial charge in [-0.15, -0.1) is 0 Å². The summed E-state index contributed by atoms with van der Waals surface area (Å²) in [5, 5.41) is 2.50. The van der Waals surface area contributed by atoms with E-state index in [0.717, 1.165) is 18.8 Å². The number of rotatable bonds is 4. The standard InChI is InChI=1S/C16H29NO4/c1-11-6-8-13(9-7-11)10-20-14(18)12(2)17-15(19)21-16(3,4)5/h11-13H,6-10H2,1-5H3,(H,17,19)/t11-,12-,13-/m0/s1. The number of carbonyl (C=O) groups excluding carboxylic acids is 2. The number of alkyl carbamates (subject to hydrolysis) is 1. The summed E-state index contributed by atoms with van der Waals surface area (Å²) in [5.41, 5.74) is -0.577. The van der Waals surface area contributed by atoms with Gasteiger partial charge in [0.15, 0.2) is 0 Å². The van der Waals surface area contributed by atoms with Crippen LogP contribution in [0.25, 0.3) is 0 Å². The van der Waals surface area contributed by atoms with Crippen molar-refractivity contribution < 1.29 is 19.1 Å². The minimum Gasteiger partial charge on any atom is -0.464 e. The number of amides is 1. The molecule has 1 aliphatic rings. The smallest absolute Gasteiger partial charge is 0.408 e. The normalized spacial score (nSPS) is 24.0. The fourth-order valence-electron chi connectivity index (χ4n) is 2.36. The monoisotopic (exact) mass is 299 g/mol. The van der Waals surface area contributed by atoms with E-state index in [2.05, 4.69) is 12.2 Å². The van der Waals surface area contributed by atoms with Crippen molar-refractivity contribution in [3.8, 4) is 0 Å². The molecule has 5 nitrogen and oxygen atoms in total. The second-order valence-corrected chi connectivity index (χ2v) is 7.12. The lowest BCUT2D eigenvalue weighted by atomic mass is 9.83. The molecule has 0 unspecified atom stereocenters. The first-order valence-electron chi connectivity index (χ1n) is 7.83. The van der Waals surface area contributed by atoms with Crippen molar-refractivity contribution in [1.29, 1.82) is 0 Å². The van der Waals surface area contributed by atoms with Gasteiger partial charge in [0.1, 0.15) is 11.6 Å². The third kappa shape index (κ3) is 7.34. The Bertz CT molecular complexity index is 354. The lowest BCUT2D eigenvalue weighted by molar-refractivity contribution is -0.147. The van der Waals surface area contributed by atoms with Gasteiger partial charge in [0.05, 0.1) is 6.61 Å². The molecule has 0 aliphatic heterocycles. The summed E-state index contributed by atoms with van der Waals surface area (Å²) in [6, 6.07) is -0.692. The van der Waals surface area contributed by atoms with E-state index in [1.54, 1.807) is 27.7 Å². The number of carbonyl (C=O) groups is 2. The summed E-state index contributed by atoms with van der Waals surface area (Å²) in [7, 11) is 0. The highest BCUT2D eigenvalue weighted by molar-refractivity contribution is 5.81. The van der Waals surface area contributed by atoms with Crippen LogP contribution in [0.3, 0.4) is 0 Å². The lowest BCUT2D eigenvalue weighted by Crippen LogP contribution is -2.42. The largest absolute Gasteiger partial charge is 0.464 e. The third-order valence-electron chi connectivity index (χ3n) is 3.68. The fourth-order valence-corrected chi connectivity index (χ4v) is 2.36. The molecule has 21 heavy (non-hydrogen) atoms. The molecule has 0 spiro atoms. The molecule has 0 bridgehead atoms. The van der Waals surface area contributed by atoms with Gasteiger partial charge in [-0.05, 0) is 52.4 Å². The highest BCUT2D eigenvalue weighted by atomic mass is 16.6. The van der Waals surface area contributed by atoms with Crippen molar-refractivity contribution in [1.82, 2.24) is 5.32 Å². The molecule has 0 saturated heterocycles. The molecule has 5 heteroatoms. The van der Waals surface area contributed by atoms with Crippen molar-refractivity contribution in [3.05, 3.63) is 0 Å². The molecule has 1 amide bonds. The Morgan fingerprint density at radius 3 is 2.29 bits per heavy atom. The molecule has 1 atom stereocenters. The first-order valence-corrected chi connectivity index (χ1v) is 7.83. The zero-order valence-electron chi connectivity index (χ0n) is 13.9. The van der Waals surface area contributed by atoms with Gasteiger partial charge in [-0.3, -0.25) is 0 Å². The molecule has 1 fully saturated rings. The summed E-state index contributed by atoms with van der Waals surface area (Å²) in [5.74, 6) is 0.836. The second kappa shape index (κ2) is 7.66. The van der Waals surface area contributed by atoms with E-state index in [9.17, 15) is 9.59 Å². The Kier molecular flexibility index (Phi) is 6.49. The van der Waals surface area contributed by atoms with E-state index in [1.165, 1.54) is 12.8 Å². The maximum absolute atomic E-state index is 11.9. The Morgan fingerprint density at radius 2 is 1.76 bits per heavy atom. The third-order valence-corrected chi connectivity index (χ3v) is 3.68. The van der Waals surface area contributed by atoms with Crippen molar-refractivity contribution >= 4 is 12.1 Å². The molecule has 1 rings (SSSR count). The number of ether oxygens (including phenoxy) is 2. The van der Waals surface area contributed by atoms with Gasteiger partial charge in [-0.1, -0.05) is 19.8 Å². The Hall–Kier alpha value is -1.26. The van der Waals surface area contributed by atoms with E-state index in [0.29, 0.717) is 12.5 Å². The Balaban J connectivity index is 2.26. The molecule has 0 heterocycles. The highest BCUT2D eigenvalue weighted by Crippen LogP contribution is 2.28. The number of nitrogens with one attached hydrogen (secondary N) is 1. The Labute approximate surface area is 127 Å². The molecule has 122 valence electrons. The van der Waals surface area contributed by atoms with Crippen LogP contribution in [0.5, 0.6) is 0 Å². The van der Waals surface area contributed by atoms with E-state index in [4.69, 9.17) is 9.47 Å². The number of hydrogen-bond donors (Lipinski definition) is 1. The average molecular weight is 299 g/mol. The molecule has 0 aromatic carbocycles. The van der Waals surface area contributed by atoms with Crippen molar-refractivity contribution in [2.75, 3.05) is 6.61 Å². The summed E-state index contributed by atoms with van der Waals surface area (Å²) in [6.07, 6.45) is 4.03. The van der Waals surface area contributed by atoms with Crippen molar-refractivity contribution in [2.24, 2.45) is 11.8 Å². The molecule has 1 aliphatic carbocycles. The van der Waals surface area contributed by atoms with Gasteiger partial charge in [-0.25, -0.2) is 9.59 Å². The van der Waals surface area contributed by atoms with Crippen molar-refractivity contribution in [3.63, 3.8) is 0 Å². The van der Waals surface area contributed by atoms with Gasteiger partial charge in [-0.2, -0.15) is 0 Å². The van der Waals surface area contributed by atoms with Gasteiger partial charge in [0.25, 0.3) is 0 Å². The highest BCUT2D eigenvalue weighted by Gasteiger charge is 2.24. The first kappa shape index (κ1) is 17.8. The second-order valence-electron chi connectivity index (χ2n) is 7.12. The zero-order valence-corrected chi connectivity index (χ0v) is 13.9. The minimum atomic E-state index is -0.692. The molecular formula is C16H29NO4. The SMILES string of the molecule is C[C@H](NC(=O)OC(C)(C)C)C(=O)OC[C@H]1CC[C@H](C)CC1. The topological polar surface area (TPSA) is 64.6 Å². The van der Waals surface area contributed by atoms with E-state index >= 15 is 0 Å². The predicted octanol–water partition coefficient (Wildman–Crippen LogP) is 3.27. The van der Waals surface area contributed by atoms with Gasteiger partial charge >= 0.3 is 12.1 Å². The van der Waals surface area contributed by atoms with Crippen molar-refractivity contribution in [2.45, 2.75) is 71.9 Å². The van der Waals surface area contributed by atoms with E-state index in [1.807, 2.05) is 0 Å². The molecule has 0 aromatic heterocycles. The van der Waals surface area contributed by atoms with E-state index in [-0.39, 0.29) is 0 Å². The maximum Gasteiger partial charge on any atom is 0.408 e. The van der Waals surface area contributed by atoms with Gasteiger partial charge in [0, 0.05) is 0 Å². The van der Waals surface area contributed by atoms with E-state index < -0.39 is 23.7 Å². The summed E-state index contributed by atoms with van der Waals surface area (Å²) >= 11 is 0. The quantitative estimate of drug-likeness (QED) is 0.809. The molecule has 0 radical (unpaired) electrons. The molecule has 1 saturated carbocycles. The predicted molar refractivity (Wildman–Crippen MR) is 80.9 cm³/mol. The molecule has 0 aromatic rings. The van der Waals surface area contributed by atoms with Crippen LogP contribution in [0.2, 0.25) is 0 Å². The fraction of sp³-hybridized carbons (Fsp3) is 0.875. The Morgan fingerprint density at radius 1 is 1.19 bits per heavy atom. The van der Waals surface area contributed by atoms with Crippen LogP contribution in [-0.4, -0.2) is 30.3 Å². The van der Waals surface area contributed by atoms with Crippen LogP contribution in [0, 0.1) is 11.8 Å². The van der Waals surface area contributed by atoms with Crippen LogP contribution in [-0.2, 0) is 14.3 Å². The zero-order chi connectivity index (χ0) is 16.0. The minimum absolute atomic E-state index is 0.403. The average Bonchev–Trinajstić information content (AvgIpc) is 2.35. The number of esters is 1. The van der Waals surface area contributed by atoms with Crippen LogP contribution >= 0.6 is 0 Å². The van der Waals surface area contributed by atoms with Gasteiger partial charge in [0.2, 0.25) is 0 Å². The summed E-state index contributed by atoms with van der Waals surface area (Å²) in [6.45, 7) is 9.65. The molecule has 1 N–H and O–H groups in total. The first-order chi connectivity index (χ1) is 9.67. The molecular weight excluding hydrogens is 270 g/mol. The van der Waals surface area contributed by atoms with Crippen LogP contribution in [0.4, 0.5) is 4.79 Å². The number of hydrogen-bond acceptors (Lipinski definition) is 4. The van der Waals surface area contributed by atoms with Crippen LogP contribution in [0.15, 0.2) is 0 Å². The summed E-state index contributed by atoms with van der Waals surface area (Å²) < 4.78 is 10.4. The van der Waals surface area contributed by atoms with Gasteiger partial charge < -0.3 is 14.8 Å².